The van der Waals surface area contributed by atoms with Gasteiger partial charge in [-0.05, 0) is 43.8 Å². The van der Waals surface area contributed by atoms with E-state index in [0.29, 0.717) is 5.56 Å². The van der Waals surface area contributed by atoms with Crippen LogP contribution < -0.4 is 0 Å². The zero-order valence-electron chi connectivity index (χ0n) is 13.4. The molecule has 0 atom stereocenters. The lowest BCUT2D eigenvalue weighted by Crippen LogP contribution is -2.12. The number of benzene rings is 1. The Balaban J connectivity index is 2.11. The maximum Gasteiger partial charge on any atom is 0.337 e. The summed E-state index contributed by atoms with van der Waals surface area (Å²) >= 11 is 0. The molecule has 1 aliphatic heterocycles. The third-order valence-corrected chi connectivity index (χ3v) is 3.96. The van der Waals surface area contributed by atoms with E-state index in [1.807, 2.05) is 43.1 Å². The topological polar surface area (TPSA) is 45.5 Å². The summed E-state index contributed by atoms with van der Waals surface area (Å²) < 4.78 is 1.89. The first-order chi connectivity index (χ1) is 11.1. The molecule has 0 saturated heterocycles. The number of aromatic carboxylic acids is 1. The predicted octanol–water partition coefficient (Wildman–Crippen LogP) is 3.51. The molecule has 0 bridgehead atoms. The van der Waals surface area contributed by atoms with Gasteiger partial charge in [-0.3, -0.25) is 0 Å². The van der Waals surface area contributed by atoms with Crippen molar-refractivity contribution in [1.29, 1.82) is 0 Å². The number of rotatable bonds is 4. The molecule has 1 aliphatic rings. The van der Waals surface area contributed by atoms with Gasteiger partial charge < -0.3 is 14.6 Å². The van der Waals surface area contributed by atoms with E-state index < -0.39 is 5.97 Å². The molecule has 1 N–H and O–H groups in total. The second kappa shape index (κ2) is 6.26. The molecule has 0 saturated carbocycles. The van der Waals surface area contributed by atoms with Crippen LogP contribution in [0.2, 0.25) is 0 Å². The molecular weight excluding hydrogens is 288 g/mol. The van der Waals surface area contributed by atoms with Gasteiger partial charge >= 0.3 is 5.97 Å². The lowest BCUT2D eigenvalue weighted by molar-refractivity contribution is 0.0697. The van der Waals surface area contributed by atoms with Crippen molar-refractivity contribution in [1.82, 2.24) is 9.47 Å². The molecule has 4 heteroatoms. The summed E-state index contributed by atoms with van der Waals surface area (Å²) in [7, 11) is 4.10. The fourth-order valence-electron chi connectivity index (χ4n) is 2.80. The number of nitrogens with zero attached hydrogens (tertiary/aromatic N) is 2. The van der Waals surface area contributed by atoms with Crippen LogP contribution in [-0.2, 0) is 0 Å². The molecule has 0 fully saturated rings. The van der Waals surface area contributed by atoms with Crippen molar-refractivity contribution >= 4 is 23.8 Å². The first-order valence-corrected chi connectivity index (χ1v) is 7.64. The summed E-state index contributed by atoms with van der Waals surface area (Å²) in [5.74, 6) is -0.903. The fourth-order valence-corrected chi connectivity index (χ4v) is 2.80. The van der Waals surface area contributed by atoms with Crippen molar-refractivity contribution in [3.8, 4) is 0 Å². The normalized spacial score (nSPS) is 14.7. The maximum absolute atomic E-state index is 11.3. The molecule has 1 aromatic heterocycles. The molecule has 0 spiro atoms. The molecule has 0 amide bonds. The number of aromatic nitrogens is 1. The smallest absolute Gasteiger partial charge is 0.337 e. The molecule has 0 unspecified atom stereocenters. The van der Waals surface area contributed by atoms with E-state index >= 15 is 0 Å². The van der Waals surface area contributed by atoms with E-state index in [2.05, 4.69) is 23.1 Å². The van der Waals surface area contributed by atoms with Gasteiger partial charge in [-0.25, -0.2) is 4.79 Å². The highest BCUT2D eigenvalue weighted by atomic mass is 16.4. The quantitative estimate of drug-likeness (QED) is 0.802. The molecule has 2 aromatic rings. The highest BCUT2D eigenvalue weighted by molar-refractivity contribution is 5.93. The van der Waals surface area contributed by atoms with Gasteiger partial charge in [0.1, 0.15) is 0 Å². The number of hydrogen-bond donors (Lipinski definition) is 1. The van der Waals surface area contributed by atoms with Crippen molar-refractivity contribution in [3.63, 3.8) is 0 Å². The lowest BCUT2D eigenvalue weighted by atomic mass is 9.96. The Morgan fingerprint density at radius 3 is 2.83 bits per heavy atom. The minimum atomic E-state index is -0.903. The van der Waals surface area contributed by atoms with Crippen LogP contribution >= 0.6 is 0 Å². The lowest BCUT2D eigenvalue weighted by Gasteiger charge is -2.12. The average molecular weight is 308 g/mol. The van der Waals surface area contributed by atoms with E-state index in [-0.39, 0.29) is 0 Å². The fraction of sp³-hybridized carbons (Fsp3) is 0.211. The third kappa shape index (κ3) is 3.12. The van der Waals surface area contributed by atoms with Crippen molar-refractivity contribution in [2.45, 2.75) is 6.42 Å². The van der Waals surface area contributed by atoms with Crippen molar-refractivity contribution < 1.29 is 9.90 Å². The Bertz CT molecular complexity index is 797. The molecule has 118 valence electrons. The summed E-state index contributed by atoms with van der Waals surface area (Å²) in [5.41, 5.74) is 4.59. The summed E-state index contributed by atoms with van der Waals surface area (Å²) in [6, 6.07) is 9.95. The predicted molar refractivity (Wildman–Crippen MR) is 93.3 cm³/mol. The molecule has 2 heterocycles. The minimum Gasteiger partial charge on any atom is -0.478 e. The van der Waals surface area contributed by atoms with Crippen molar-refractivity contribution in [2.75, 3.05) is 20.6 Å². The van der Waals surface area contributed by atoms with E-state index in [4.69, 9.17) is 0 Å². The van der Waals surface area contributed by atoms with E-state index in [1.165, 1.54) is 0 Å². The second-order valence-corrected chi connectivity index (χ2v) is 5.94. The van der Waals surface area contributed by atoms with Crippen LogP contribution in [0, 0.1) is 0 Å². The van der Waals surface area contributed by atoms with Gasteiger partial charge in [0, 0.05) is 24.5 Å². The Kier molecular flexibility index (Phi) is 4.17. The zero-order chi connectivity index (χ0) is 16.4. The molecule has 23 heavy (non-hydrogen) atoms. The van der Waals surface area contributed by atoms with Gasteiger partial charge in [0.15, 0.2) is 0 Å². The summed E-state index contributed by atoms with van der Waals surface area (Å²) in [5, 5.41) is 9.27. The highest BCUT2D eigenvalue weighted by Crippen LogP contribution is 2.32. The first kappa shape index (κ1) is 15.3. The van der Waals surface area contributed by atoms with Crippen LogP contribution in [0.4, 0.5) is 0 Å². The van der Waals surface area contributed by atoms with Crippen LogP contribution in [0.5, 0.6) is 0 Å². The number of carboxylic acids is 1. The number of carbonyl (C=O) groups is 1. The molecule has 0 aliphatic carbocycles. The molecule has 0 radical (unpaired) electrons. The van der Waals surface area contributed by atoms with Gasteiger partial charge in [0.25, 0.3) is 0 Å². The van der Waals surface area contributed by atoms with Crippen LogP contribution in [0.3, 0.4) is 0 Å². The zero-order valence-corrected chi connectivity index (χ0v) is 13.4. The van der Waals surface area contributed by atoms with Gasteiger partial charge in [-0.2, -0.15) is 0 Å². The minimum absolute atomic E-state index is 0.308. The van der Waals surface area contributed by atoms with E-state index in [0.717, 1.165) is 35.4 Å². The standard InChI is InChI=1S/C19H20N2O2/c1-20(2)10-5-8-17-16-7-4-3-6-14(16)9-11-21-13-15(19(22)23)12-18(17)21/h3-4,6-9,11-13H,5,10H2,1-2H3,(H,22,23)/b17-8+. The Labute approximate surface area is 136 Å². The monoisotopic (exact) mass is 308 g/mol. The van der Waals surface area contributed by atoms with Gasteiger partial charge in [0.2, 0.25) is 0 Å². The van der Waals surface area contributed by atoms with Crippen molar-refractivity contribution in [2.24, 2.45) is 0 Å². The van der Waals surface area contributed by atoms with E-state index in [1.54, 1.807) is 12.3 Å². The van der Waals surface area contributed by atoms with Crippen LogP contribution in [0.1, 0.15) is 33.6 Å². The van der Waals surface area contributed by atoms with Crippen LogP contribution in [-0.4, -0.2) is 41.2 Å². The maximum atomic E-state index is 11.3. The third-order valence-electron chi connectivity index (χ3n) is 3.96. The van der Waals surface area contributed by atoms with Gasteiger partial charge in [-0.15, -0.1) is 0 Å². The molecule has 1 aromatic carbocycles. The SMILES string of the molecule is CN(C)CC/C=C1\c2ccccc2C=Cn2cc(C(=O)O)cc21. The molecular formula is C19H20N2O2. The van der Waals surface area contributed by atoms with Gasteiger partial charge in [0.05, 0.1) is 11.3 Å². The molecule has 3 rings (SSSR count). The van der Waals surface area contributed by atoms with E-state index in [9.17, 15) is 9.90 Å². The number of fused-ring (bicyclic) bond motifs is 2. The number of carboxylic acid groups (broad SMARTS) is 1. The summed E-state index contributed by atoms with van der Waals surface area (Å²) in [6.45, 7) is 0.950. The Hall–Kier alpha value is -2.59. The summed E-state index contributed by atoms with van der Waals surface area (Å²) in [4.78, 5) is 13.4. The van der Waals surface area contributed by atoms with Crippen LogP contribution in [0.25, 0.3) is 17.8 Å². The average Bonchev–Trinajstić information content (AvgIpc) is 2.88. The molecule has 4 nitrogen and oxygen atoms in total. The Morgan fingerprint density at radius 1 is 1.30 bits per heavy atom. The second-order valence-electron chi connectivity index (χ2n) is 5.94. The first-order valence-electron chi connectivity index (χ1n) is 7.64. The Morgan fingerprint density at radius 2 is 2.09 bits per heavy atom. The van der Waals surface area contributed by atoms with Crippen molar-refractivity contribution in [3.05, 3.63) is 65.0 Å². The largest absolute Gasteiger partial charge is 0.478 e. The summed E-state index contributed by atoms with van der Waals surface area (Å²) in [6.07, 6.45) is 8.72. The van der Waals surface area contributed by atoms with Gasteiger partial charge in [-0.1, -0.05) is 30.3 Å². The number of hydrogen-bond acceptors (Lipinski definition) is 2. The van der Waals surface area contributed by atoms with Crippen LogP contribution in [0.15, 0.2) is 42.6 Å². The highest BCUT2D eigenvalue weighted by Gasteiger charge is 2.18.